The Morgan fingerprint density at radius 3 is 2.71 bits per heavy atom. The maximum Gasteiger partial charge on any atom is 0.106 e. The van der Waals surface area contributed by atoms with Crippen LogP contribution in [-0.4, -0.2) is 11.0 Å². The smallest absolute Gasteiger partial charge is 0.106 e. The van der Waals surface area contributed by atoms with E-state index in [0.29, 0.717) is 6.04 Å². The van der Waals surface area contributed by atoms with E-state index in [4.69, 9.17) is 0 Å². The van der Waals surface area contributed by atoms with Crippen molar-refractivity contribution >= 4 is 11.3 Å². The van der Waals surface area contributed by atoms with E-state index in [9.17, 15) is 0 Å². The van der Waals surface area contributed by atoms with Gasteiger partial charge in [0.25, 0.3) is 0 Å². The second kappa shape index (κ2) is 6.14. The Balaban J connectivity index is 2.12. The summed E-state index contributed by atoms with van der Waals surface area (Å²) >= 11 is 1.72. The molecule has 1 N–H and O–H groups in total. The summed E-state index contributed by atoms with van der Waals surface area (Å²) in [7, 11) is 0. The van der Waals surface area contributed by atoms with E-state index >= 15 is 0 Å². The predicted molar refractivity (Wildman–Crippen MR) is 62.5 cm³/mol. The summed E-state index contributed by atoms with van der Waals surface area (Å²) in [5.74, 6) is 0.805. The molecular weight excluding hydrogens is 192 g/mol. The maximum absolute atomic E-state index is 4.24. The van der Waals surface area contributed by atoms with Crippen molar-refractivity contribution in [3.8, 4) is 0 Å². The molecule has 0 fully saturated rings. The Morgan fingerprint density at radius 2 is 2.14 bits per heavy atom. The number of nitrogens with one attached hydrogen (secondary N) is 1. The van der Waals surface area contributed by atoms with Crippen molar-refractivity contribution in [3.05, 3.63) is 16.6 Å². The highest BCUT2D eigenvalue weighted by atomic mass is 32.1. The van der Waals surface area contributed by atoms with Crippen molar-refractivity contribution in [2.75, 3.05) is 0 Å². The van der Waals surface area contributed by atoms with Crippen LogP contribution in [-0.2, 0) is 6.54 Å². The third-order valence-corrected chi connectivity index (χ3v) is 3.04. The molecule has 0 spiro atoms. The molecule has 0 radical (unpaired) electrons. The highest BCUT2D eigenvalue weighted by Crippen LogP contribution is 2.08. The summed E-state index contributed by atoms with van der Waals surface area (Å²) in [5.41, 5.74) is 0. The van der Waals surface area contributed by atoms with E-state index in [1.54, 1.807) is 11.3 Å². The molecule has 0 saturated carbocycles. The van der Waals surface area contributed by atoms with Crippen LogP contribution in [0.1, 0.15) is 38.6 Å². The van der Waals surface area contributed by atoms with Crippen molar-refractivity contribution < 1.29 is 0 Å². The van der Waals surface area contributed by atoms with Crippen LogP contribution in [0.4, 0.5) is 0 Å². The fraction of sp³-hybridized carbons (Fsp3) is 0.727. The van der Waals surface area contributed by atoms with Gasteiger partial charge in [-0.15, -0.1) is 11.3 Å². The van der Waals surface area contributed by atoms with Gasteiger partial charge in [0.05, 0.1) is 0 Å². The second-order valence-electron chi connectivity index (χ2n) is 4.18. The number of thiazole rings is 1. The van der Waals surface area contributed by atoms with Gasteiger partial charge in [-0.3, -0.25) is 0 Å². The quantitative estimate of drug-likeness (QED) is 0.784. The molecule has 1 rings (SSSR count). The molecule has 0 saturated heterocycles. The fourth-order valence-corrected chi connectivity index (χ4v) is 1.85. The van der Waals surface area contributed by atoms with Gasteiger partial charge >= 0.3 is 0 Å². The zero-order chi connectivity index (χ0) is 10.4. The molecule has 1 atom stereocenters. The summed E-state index contributed by atoms with van der Waals surface area (Å²) in [6.07, 6.45) is 4.41. The molecule has 0 aromatic carbocycles. The molecule has 0 aliphatic carbocycles. The topological polar surface area (TPSA) is 24.9 Å². The average molecular weight is 212 g/mol. The monoisotopic (exact) mass is 212 g/mol. The minimum Gasteiger partial charge on any atom is -0.308 e. The van der Waals surface area contributed by atoms with Crippen LogP contribution in [0.5, 0.6) is 0 Å². The molecular formula is C11H20N2S. The Kier molecular flexibility index (Phi) is 5.12. The van der Waals surface area contributed by atoms with Gasteiger partial charge in [-0.05, 0) is 25.7 Å². The molecule has 80 valence electrons. The number of hydrogen-bond donors (Lipinski definition) is 1. The zero-order valence-electron chi connectivity index (χ0n) is 9.29. The van der Waals surface area contributed by atoms with Crippen LogP contribution in [0, 0.1) is 5.92 Å². The van der Waals surface area contributed by atoms with Crippen molar-refractivity contribution in [3.63, 3.8) is 0 Å². The molecule has 0 amide bonds. The van der Waals surface area contributed by atoms with Gasteiger partial charge in [-0.1, -0.05) is 13.8 Å². The Morgan fingerprint density at radius 1 is 1.36 bits per heavy atom. The third kappa shape index (κ3) is 4.72. The first kappa shape index (κ1) is 11.7. The average Bonchev–Trinajstić information content (AvgIpc) is 2.63. The van der Waals surface area contributed by atoms with E-state index in [1.807, 2.05) is 11.6 Å². The SMILES string of the molecule is CC(C)CCC(C)NCc1nccs1. The van der Waals surface area contributed by atoms with E-state index < -0.39 is 0 Å². The van der Waals surface area contributed by atoms with Crippen molar-refractivity contribution in [2.24, 2.45) is 5.92 Å². The van der Waals surface area contributed by atoms with Gasteiger partial charge in [0.15, 0.2) is 0 Å². The Labute approximate surface area is 90.8 Å². The van der Waals surface area contributed by atoms with Gasteiger partial charge in [-0.2, -0.15) is 0 Å². The van der Waals surface area contributed by atoms with Crippen molar-refractivity contribution in [1.29, 1.82) is 0 Å². The van der Waals surface area contributed by atoms with Crippen LogP contribution < -0.4 is 5.32 Å². The maximum atomic E-state index is 4.24. The van der Waals surface area contributed by atoms with Crippen molar-refractivity contribution in [1.82, 2.24) is 10.3 Å². The lowest BCUT2D eigenvalue weighted by Gasteiger charge is -2.13. The zero-order valence-corrected chi connectivity index (χ0v) is 10.1. The predicted octanol–water partition coefficient (Wildman–Crippen LogP) is 3.06. The number of aromatic nitrogens is 1. The standard InChI is InChI=1S/C11H20N2S/c1-9(2)4-5-10(3)13-8-11-12-6-7-14-11/h6-7,9-10,13H,4-5,8H2,1-3H3. The Hall–Kier alpha value is -0.410. The highest BCUT2D eigenvalue weighted by Gasteiger charge is 2.03. The van der Waals surface area contributed by atoms with Gasteiger partial charge in [0.1, 0.15) is 5.01 Å². The second-order valence-corrected chi connectivity index (χ2v) is 5.16. The van der Waals surface area contributed by atoms with Crippen LogP contribution >= 0.6 is 11.3 Å². The summed E-state index contributed by atoms with van der Waals surface area (Å²) in [6, 6.07) is 0.598. The van der Waals surface area contributed by atoms with Crippen LogP contribution in [0.3, 0.4) is 0 Å². The number of nitrogens with zero attached hydrogens (tertiary/aromatic N) is 1. The molecule has 3 heteroatoms. The summed E-state index contributed by atoms with van der Waals surface area (Å²) in [4.78, 5) is 4.24. The minimum atomic E-state index is 0.598. The first-order chi connectivity index (χ1) is 6.68. The minimum absolute atomic E-state index is 0.598. The van der Waals surface area contributed by atoms with E-state index in [0.717, 1.165) is 12.5 Å². The molecule has 1 heterocycles. The normalized spacial score (nSPS) is 13.4. The first-order valence-electron chi connectivity index (χ1n) is 5.30. The first-order valence-corrected chi connectivity index (χ1v) is 6.18. The van der Waals surface area contributed by atoms with Gasteiger partial charge < -0.3 is 5.32 Å². The van der Waals surface area contributed by atoms with Crippen LogP contribution in [0.25, 0.3) is 0 Å². The van der Waals surface area contributed by atoms with E-state index in [2.05, 4.69) is 31.1 Å². The largest absolute Gasteiger partial charge is 0.308 e. The lowest BCUT2D eigenvalue weighted by Crippen LogP contribution is -2.25. The van der Waals surface area contributed by atoms with E-state index in [1.165, 1.54) is 17.8 Å². The van der Waals surface area contributed by atoms with Crippen LogP contribution in [0.15, 0.2) is 11.6 Å². The lowest BCUT2D eigenvalue weighted by molar-refractivity contribution is 0.450. The molecule has 0 aliphatic rings. The van der Waals surface area contributed by atoms with Gasteiger partial charge in [0.2, 0.25) is 0 Å². The molecule has 0 bridgehead atoms. The van der Waals surface area contributed by atoms with E-state index in [-0.39, 0.29) is 0 Å². The molecule has 14 heavy (non-hydrogen) atoms. The van der Waals surface area contributed by atoms with Gasteiger partial charge in [0, 0.05) is 24.2 Å². The third-order valence-electron chi connectivity index (χ3n) is 2.26. The fourth-order valence-electron chi connectivity index (χ4n) is 1.29. The number of rotatable bonds is 6. The summed E-state index contributed by atoms with van der Waals surface area (Å²) in [5, 5.41) is 6.69. The molecule has 0 aliphatic heterocycles. The summed E-state index contributed by atoms with van der Waals surface area (Å²) < 4.78 is 0. The number of hydrogen-bond acceptors (Lipinski definition) is 3. The lowest BCUT2D eigenvalue weighted by atomic mass is 10.0. The molecule has 2 nitrogen and oxygen atoms in total. The Bertz CT molecular complexity index is 231. The molecule has 1 aromatic heterocycles. The molecule has 1 aromatic rings. The highest BCUT2D eigenvalue weighted by molar-refractivity contribution is 7.09. The van der Waals surface area contributed by atoms with Crippen LogP contribution in [0.2, 0.25) is 0 Å². The summed E-state index contributed by atoms with van der Waals surface area (Å²) in [6.45, 7) is 7.70. The van der Waals surface area contributed by atoms with Crippen molar-refractivity contribution in [2.45, 2.75) is 46.2 Å². The van der Waals surface area contributed by atoms with Gasteiger partial charge in [-0.25, -0.2) is 4.98 Å². The molecule has 1 unspecified atom stereocenters.